The lowest BCUT2D eigenvalue weighted by molar-refractivity contribution is 0.0965. The first-order valence-electron chi connectivity index (χ1n) is 4.13. The Morgan fingerprint density at radius 1 is 1.53 bits per heavy atom. The molecule has 15 heavy (non-hydrogen) atoms. The Labute approximate surface area is 90.9 Å². The quantitative estimate of drug-likeness (QED) is 0.735. The Bertz CT molecular complexity index is 553. The van der Waals surface area contributed by atoms with E-state index in [1.54, 1.807) is 13.0 Å². The van der Waals surface area contributed by atoms with Gasteiger partial charge in [-0.05, 0) is 13.0 Å². The van der Waals surface area contributed by atoms with Gasteiger partial charge in [0.2, 0.25) is 0 Å². The second kappa shape index (κ2) is 3.18. The van der Waals surface area contributed by atoms with Gasteiger partial charge in [0.1, 0.15) is 0 Å². The van der Waals surface area contributed by atoms with Crippen LogP contribution in [0.1, 0.15) is 21.6 Å². The Kier molecular flexibility index (Phi) is 2.20. The highest BCUT2D eigenvalue weighted by atomic mass is 35.7. The number of halogens is 1. The number of fused-ring (bicyclic) bond motifs is 1. The highest BCUT2D eigenvalue weighted by molar-refractivity contribution is 8.13. The summed E-state index contributed by atoms with van der Waals surface area (Å²) in [5, 5.41) is 2.30. The van der Waals surface area contributed by atoms with Gasteiger partial charge >= 0.3 is 0 Å². The summed E-state index contributed by atoms with van der Waals surface area (Å²) in [5.74, 6) is -0.294. The Hall–Kier alpha value is -1.14. The van der Waals surface area contributed by atoms with Gasteiger partial charge in [-0.25, -0.2) is 13.4 Å². The van der Waals surface area contributed by atoms with E-state index in [-0.39, 0.29) is 17.5 Å². The van der Waals surface area contributed by atoms with Gasteiger partial charge in [0.15, 0.2) is 5.03 Å². The second-order valence-corrected chi connectivity index (χ2v) is 5.70. The van der Waals surface area contributed by atoms with Crippen molar-refractivity contribution in [2.45, 2.75) is 18.5 Å². The zero-order valence-corrected chi connectivity index (χ0v) is 9.32. The van der Waals surface area contributed by atoms with Gasteiger partial charge in [0, 0.05) is 34.0 Å². The normalized spacial score (nSPS) is 14.9. The molecule has 0 spiro atoms. The molecule has 0 unspecified atom stereocenters. The molecule has 0 aromatic carbocycles. The molecule has 7 heteroatoms. The smallest absolute Gasteiger partial charge is 0.279 e. The van der Waals surface area contributed by atoms with E-state index in [4.69, 9.17) is 10.7 Å². The van der Waals surface area contributed by atoms with Crippen molar-refractivity contribution in [3.05, 3.63) is 22.9 Å². The molecule has 0 radical (unpaired) electrons. The number of aryl methyl sites for hydroxylation is 1. The second-order valence-electron chi connectivity index (χ2n) is 3.22. The number of carbonyl (C=O) groups excluding carboxylic acids is 1. The molecule has 1 N–H and O–H groups in total. The summed E-state index contributed by atoms with van der Waals surface area (Å²) in [7, 11) is 1.33. The van der Waals surface area contributed by atoms with Crippen LogP contribution in [-0.4, -0.2) is 19.3 Å². The molecule has 0 bridgehead atoms. The molecule has 0 fully saturated rings. The molecule has 0 aliphatic carbocycles. The van der Waals surface area contributed by atoms with E-state index >= 15 is 0 Å². The summed E-state index contributed by atoms with van der Waals surface area (Å²) in [4.78, 5) is 15.2. The summed E-state index contributed by atoms with van der Waals surface area (Å²) in [6.45, 7) is 1.76. The highest BCUT2D eigenvalue weighted by Gasteiger charge is 2.28. The number of pyridine rings is 1. The topological polar surface area (TPSA) is 76.1 Å². The molecule has 1 amide bonds. The Balaban J connectivity index is 2.79. The maximum absolute atomic E-state index is 11.3. The number of nitrogens with zero attached hydrogens (tertiary/aromatic N) is 1. The van der Waals surface area contributed by atoms with Crippen LogP contribution in [0, 0.1) is 6.92 Å². The lowest BCUT2D eigenvalue weighted by Crippen LogP contribution is -2.12. The average Bonchev–Trinajstić information content (AvgIpc) is 2.45. The first kappa shape index (κ1) is 10.4. The molecular weight excluding hydrogens is 240 g/mol. The van der Waals surface area contributed by atoms with Crippen LogP contribution >= 0.6 is 10.7 Å². The third kappa shape index (κ3) is 1.70. The summed E-state index contributed by atoms with van der Waals surface area (Å²) in [6.07, 6.45) is 0. The lowest BCUT2D eigenvalue weighted by Gasteiger charge is -2.03. The van der Waals surface area contributed by atoms with Crippen molar-refractivity contribution >= 4 is 25.6 Å². The van der Waals surface area contributed by atoms with Crippen molar-refractivity contribution in [3.8, 4) is 0 Å². The first-order chi connectivity index (χ1) is 6.89. The van der Waals surface area contributed by atoms with Crippen LogP contribution in [0.25, 0.3) is 0 Å². The van der Waals surface area contributed by atoms with Crippen LogP contribution in [0.2, 0.25) is 0 Å². The van der Waals surface area contributed by atoms with Crippen molar-refractivity contribution in [2.24, 2.45) is 0 Å². The minimum Gasteiger partial charge on any atom is -0.348 e. The predicted octanol–water partition coefficient (Wildman–Crippen LogP) is 0.561. The Morgan fingerprint density at radius 3 is 2.80 bits per heavy atom. The third-order valence-corrected chi connectivity index (χ3v) is 3.35. The summed E-state index contributed by atoms with van der Waals surface area (Å²) in [5.41, 5.74) is 1.13. The standard InChI is InChI=1S/C8H7ClN2O3S/c1-4-2-5-6(3-10-7(5)12)8(11-4)15(9,13)14/h2H,3H2,1H3,(H,10,12). The Morgan fingerprint density at radius 2 is 2.20 bits per heavy atom. The zero-order chi connectivity index (χ0) is 11.2. The minimum absolute atomic E-state index is 0.155. The van der Waals surface area contributed by atoms with Crippen LogP contribution in [0.4, 0.5) is 0 Å². The number of hydrogen-bond acceptors (Lipinski definition) is 4. The lowest BCUT2D eigenvalue weighted by atomic mass is 10.1. The van der Waals surface area contributed by atoms with Gasteiger partial charge in [0.25, 0.3) is 15.0 Å². The number of carbonyl (C=O) groups is 1. The zero-order valence-electron chi connectivity index (χ0n) is 7.74. The molecule has 80 valence electrons. The predicted molar refractivity (Wildman–Crippen MR) is 53.2 cm³/mol. The summed E-state index contributed by atoms with van der Waals surface area (Å²) >= 11 is 0. The van der Waals surface area contributed by atoms with Gasteiger partial charge in [0.05, 0.1) is 0 Å². The monoisotopic (exact) mass is 246 g/mol. The van der Waals surface area contributed by atoms with E-state index in [0.717, 1.165) is 0 Å². The molecule has 2 rings (SSSR count). The number of nitrogens with one attached hydrogen (secondary N) is 1. The third-order valence-electron chi connectivity index (χ3n) is 2.12. The largest absolute Gasteiger partial charge is 0.348 e. The molecular formula is C8H7ClN2O3S. The van der Waals surface area contributed by atoms with Crippen molar-refractivity contribution in [3.63, 3.8) is 0 Å². The van der Waals surface area contributed by atoms with E-state index in [1.165, 1.54) is 0 Å². The van der Waals surface area contributed by atoms with Gasteiger partial charge in [-0.15, -0.1) is 0 Å². The fraction of sp³-hybridized carbons (Fsp3) is 0.250. The van der Waals surface area contributed by atoms with Crippen molar-refractivity contribution in [1.82, 2.24) is 10.3 Å². The molecule has 0 atom stereocenters. The molecule has 5 nitrogen and oxygen atoms in total. The van der Waals surface area contributed by atoms with Crippen LogP contribution in [-0.2, 0) is 15.6 Å². The maximum Gasteiger partial charge on any atom is 0.279 e. The van der Waals surface area contributed by atoms with Gasteiger partial charge in [-0.1, -0.05) is 0 Å². The highest BCUT2D eigenvalue weighted by Crippen LogP contribution is 2.25. The first-order valence-corrected chi connectivity index (χ1v) is 6.44. The molecule has 1 aromatic rings. The number of aromatic nitrogens is 1. The van der Waals surface area contributed by atoms with E-state index in [0.29, 0.717) is 16.8 Å². The van der Waals surface area contributed by atoms with Gasteiger partial charge in [-0.2, -0.15) is 0 Å². The SMILES string of the molecule is Cc1cc2c(c(S(=O)(=O)Cl)n1)CNC2=O. The minimum atomic E-state index is -3.91. The van der Waals surface area contributed by atoms with E-state index < -0.39 is 9.05 Å². The molecule has 0 saturated carbocycles. The van der Waals surface area contributed by atoms with Crippen LogP contribution < -0.4 is 5.32 Å². The average molecular weight is 247 g/mol. The van der Waals surface area contributed by atoms with Crippen LogP contribution in [0.15, 0.2) is 11.1 Å². The fourth-order valence-electron chi connectivity index (χ4n) is 1.51. The van der Waals surface area contributed by atoms with Crippen LogP contribution in [0.3, 0.4) is 0 Å². The molecule has 2 heterocycles. The molecule has 1 aliphatic rings. The van der Waals surface area contributed by atoms with Crippen LogP contribution in [0.5, 0.6) is 0 Å². The summed E-state index contributed by atoms with van der Waals surface area (Å²) in [6, 6.07) is 1.54. The molecule has 1 aromatic heterocycles. The number of hydrogen-bond donors (Lipinski definition) is 1. The van der Waals surface area contributed by atoms with E-state index in [2.05, 4.69) is 10.3 Å². The van der Waals surface area contributed by atoms with Gasteiger partial charge in [-0.3, -0.25) is 4.79 Å². The maximum atomic E-state index is 11.3. The fourth-order valence-corrected chi connectivity index (χ4v) is 2.62. The van der Waals surface area contributed by atoms with Crippen molar-refractivity contribution in [1.29, 1.82) is 0 Å². The van der Waals surface area contributed by atoms with Crippen molar-refractivity contribution in [2.75, 3.05) is 0 Å². The summed E-state index contributed by atoms with van der Waals surface area (Å²) < 4.78 is 22.4. The van der Waals surface area contributed by atoms with Gasteiger partial charge < -0.3 is 5.32 Å². The molecule has 1 aliphatic heterocycles. The van der Waals surface area contributed by atoms with E-state index in [1.807, 2.05) is 0 Å². The van der Waals surface area contributed by atoms with Crippen molar-refractivity contribution < 1.29 is 13.2 Å². The number of rotatable bonds is 1. The van der Waals surface area contributed by atoms with E-state index in [9.17, 15) is 13.2 Å². The molecule has 0 saturated heterocycles. The number of amides is 1.